The lowest BCUT2D eigenvalue weighted by Crippen LogP contribution is -2.40. The molecule has 1 unspecified atom stereocenters. The van der Waals surface area contributed by atoms with Crippen LogP contribution in [0.15, 0.2) is 22.9 Å². The fourth-order valence-corrected chi connectivity index (χ4v) is 2.34. The molecule has 1 atom stereocenters. The minimum atomic E-state index is 0.257. The van der Waals surface area contributed by atoms with Crippen molar-refractivity contribution >= 4 is 15.9 Å². The number of halogens is 1. The monoisotopic (exact) mass is 312 g/mol. The summed E-state index contributed by atoms with van der Waals surface area (Å²) in [5, 5.41) is 3.57. The molecule has 1 aromatic rings. The fraction of sp³-hybridized carbons (Fsp3) is 0.667. The van der Waals surface area contributed by atoms with Crippen LogP contribution in [0.1, 0.15) is 40.2 Å². The number of nitrogens with zero attached hydrogens (tertiary/aromatic N) is 1. The van der Waals surface area contributed by atoms with Gasteiger partial charge >= 0.3 is 0 Å². The highest BCUT2D eigenvalue weighted by Crippen LogP contribution is 2.31. The van der Waals surface area contributed by atoms with E-state index in [9.17, 15) is 0 Å². The van der Waals surface area contributed by atoms with Gasteiger partial charge in [0.1, 0.15) is 0 Å². The van der Waals surface area contributed by atoms with E-state index in [1.165, 1.54) is 5.56 Å². The van der Waals surface area contributed by atoms with E-state index >= 15 is 0 Å². The van der Waals surface area contributed by atoms with Crippen LogP contribution in [0.5, 0.6) is 0 Å². The second kappa shape index (κ2) is 6.67. The largest absolute Gasteiger partial charge is 0.314 e. The zero-order valence-electron chi connectivity index (χ0n) is 12.1. The van der Waals surface area contributed by atoms with E-state index in [4.69, 9.17) is 0 Å². The molecule has 3 heteroatoms. The molecular formula is C15H25BrN2. The molecule has 0 aliphatic rings. The molecule has 0 saturated carbocycles. The fourth-order valence-electron chi connectivity index (χ4n) is 1.93. The van der Waals surface area contributed by atoms with E-state index < -0.39 is 0 Å². The Morgan fingerprint density at radius 1 is 1.28 bits per heavy atom. The summed E-state index contributed by atoms with van der Waals surface area (Å²) < 4.78 is 1.06. The smallest absolute Gasteiger partial charge is 0.0410 e. The van der Waals surface area contributed by atoms with Gasteiger partial charge < -0.3 is 5.32 Å². The summed E-state index contributed by atoms with van der Waals surface area (Å²) >= 11 is 3.49. The van der Waals surface area contributed by atoms with Gasteiger partial charge in [0, 0.05) is 29.5 Å². The van der Waals surface area contributed by atoms with Crippen LogP contribution in [0.2, 0.25) is 0 Å². The molecule has 0 radical (unpaired) electrons. The Morgan fingerprint density at radius 3 is 2.44 bits per heavy atom. The normalized spacial score (nSPS) is 15.1. The SMILES string of the molecule is CC(C)NCC(C)(Cc1cncc(Br)c1)C(C)C. The highest BCUT2D eigenvalue weighted by atomic mass is 79.9. The molecule has 0 bridgehead atoms. The van der Waals surface area contributed by atoms with Crippen molar-refractivity contribution in [1.82, 2.24) is 10.3 Å². The van der Waals surface area contributed by atoms with Gasteiger partial charge in [-0.1, -0.05) is 34.6 Å². The summed E-state index contributed by atoms with van der Waals surface area (Å²) in [6.45, 7) is 12.4. The van der Waals surface area contributed by atoms with Gasteiger partial charge in [-0.3, -0.25) is 4.98 Å². The van der Waals surface area contributed by atoms with Crippen molar-refractivity contribution in [1.29, 1.82) is 0 Å². The summed E-state index contributed by atoms with van der Waals surface area (Å²) in [4.78, 5) is 4.26. The first-order valence-corrected chi connectivity index (χ1v) is 7.45. The van der Waals surface area contributed by atoms with Crippen molar-refractivity contribution in [3.8, 4) is 0 Å². The molecular weight excluding hydrogens is 288 g/mol. The molecule has 0 aliphatic heterocycles. The molecule has 0 amide bonds. The van der Waals surface area contributed by atoms with Gasteiger partial charge in [0.05, 0.1) is 0 Å². The molecule has 2 nitrogen and oxygen atoms in total. The van der Waals surface area contributed by atoms with Gasteiger partial charge in [-0.05, 0) is 45.3 Å². The second-order valence-electron chi connectivity index (χ2n) is 6.03. The number of pyridine rings is 1. The van der Waals surface area contributed by atoms with Gasteiger partial charge in [0.2, 0.25) is 0 Å². The Morgan fingerprint density at radius 2 is 1.94 bits per heavy atom. The Hall–Kier alpha value is -0.410. The molecule has 0 spiro atoms. The van der Waals surface area contributed by atoms with Gasteiger partial charge in [-0.2, -0.15) is 0 Å². The maximum absolute atomic E-state index is 4.26. The number of rotatable bonds is 6. The van der Waals surface area contributed by atoms with E-state index in [0.29, 0.717) is 12.0 Å². The zero-order valence-corrected chi connectivity index (χ0v) is 13.7. The van der Waals surface area contributed by atoms with Gasteiger partial charge in [0.15, 0.2) is 0 Å². The lowest BCUT2D eigenvalue weighted by Gasteiger charge is -2.35. The quantitative estimate of drug-likeness (QED) is 0.857. The Balaban J connectivity index is 2.79. The molecule has 102 valence electrons. The maximum Gasteiger partial charge on any atom is 0.0410 e. The van der Waals surface area contributed by atoms with Crippen molar-refractivity contribution in [3.05, 3.63) is 28.5 Å². The predicted octanol–water partition coefficient (Wildman–Crippen LogP) is 4.05. The minimum absolute atomic E-state index is 0.257. The highest BCUT2D eigenvalue weighted by Gasteiger charge is 2.28. The summed E-state index contributed by atoms with van der Waals surface area (Å²) in [6.07, 6.45) is 4.86. The molecule has 1 heterocycles. The first kappa shape index (κ1) is 15.6. The van der Waals surface area contributed by atoms with Crippen molar-refractivity contribution in [2.24, 2.45) is 11.3 Å². The first-order chi connectivity index (χ1) is 8.33. The number of hydrogen-bond acceptors (Lipinski definition) is 2. The molecule has 0 saturated heterocycles. The summed E-state index contributed by atoms with van der Waals surface area (Å²) in [5.74, 6) is 0.628. The van der Waals surface area contributed by atoms with E-state index in [0.717, 1.165) is 17.4 Å². The Bertz CT molecular complexity index is 377. The lowest BCUT2D eigenvalue weighted by atomic mass is 9.74. The topological polar surface area (TPSA) is 24.9 Å². The molecule has 18 heavy (non-hydrogen) atoms. The molecule has 0 aromatic carbocycles. The standard InChI is InChI=1S/C15H25BrN2/c1-11(2)15(5,10-18-12(3)4)7-13-6-14(16)9-17-8-13/h6,8-9,11-12,18H,7,10H2,1-5H3. The minimum Gasteiger partial charge on any atom is -0.314 e. The van der Waals surface area contributed by atoms with Crippen LogP contribution >= 0.6 is 15.9 Å². The van der Waals surface area contributed by atoms with E-state index in [1.807, 2.05) is 12.4 Å². The van der Waals surface area contributed by atoms with Crippen LogP contribution in [0.4, 0.5) is 0 Å². The van der Waals surface area contributed by atoms with Crippen LogP contribution in [-0.4, -0.2) is 17.6 Å². The van der Waals surface area contributed by atoms with Crippen LogP contribution in [0.3, 0.4) is 0 Å². The van der Waals surface area contributed by atoms with Crippen LogP contribution in [0, 0.1) is 11.3 Å². The third-order valence-corrected chi connectivity index (χ3v) is 4.11. The molecule has 1 rings (SSSR count). The lowest BCUT2D eigenvalue weighted by molar-refractivity contribution is 0.202. The van der Waals surface area contributed by atoms with Gasteiger partial charge in [0.25, 0.3) is 0 Å². The van der Waals surface area contributed by atoms with Crippen LogP contribution in [-0.2, 0) is 6.42 Å². The van der Waals surface area contributed by atoms with Crippen LogP contribution in [0.25, 0.3) is 0 Å². The summed E-state index contributed by atoms with van der Waals surface area (Å²) in [5.41, 5.74) is 1.55. The van der Waals surface area contributed by atoms with Crippen molar-refractivity contribution in [2.75, 3.05) is 6.54 Å². The Kier molecular flexibility index (Phi) is 5.80. The average Bonchev–Trinajstić information content (AvgIpc) is 2.26. The number of nitrogens with one attached hydrogen (secondary N) is 1. The average molecular weight is 313 g/mol. The zero-order chi connectivity index (χ0) is 13.8. The van der Waals surface area contributed by atoms with Crippen molar-refractivity contribution in [3.63, 3.8) is 0 Å². The Labute approximate surface area is 120 Å². The molecule has 0 aliphatic carbocycles. The van der Waals surface area contributed by atoms with E-state index in [1.54, 1.807) is 0 Å². The highest BCUT2D eigenvalue weighted by molar-refractivity contribution is 9.10. The third-order valence-electron chi connectivity index (χ3n) is 3.68. The molecule has 0 fully saturated rings. The molecule has 1 N–H and O–H groups in total. The number of aromatic nitrogens is 1. The number of hydrogen-bond donors (Lipinski definition) is 1. The second-order valence-corrected chi connectivity index (χ2v) is 6.95. The van der Waals surface area contributed by atoms with Gasteiger partial charge in [-0.15, -0.1) is 0 Å². The van der Waals surface area contributed by atoms with Crippen LogP contribution < -0.4 is 5.32 Å². The summed E-state index contributed by atoms with van der Waals surface area (Å²) in [6, 6.07) is 2.70. The third kappa shape index (κ3) is 4.69. The van der Waals surface area contributed by atoms with Crippen molar-refractivity contribution < 1.29 is 0 Å². The van der Waals surface area contributed by atoms with Gasteiger partial charge in [-0.25, -0.2) is 0 Å². The summed E-state index contributed by atoms with van der Waals surface area (Å²) in [7, 11) is 0. The predicted molar refractivity (Wildman–Crippen MR) is 81.7 cm³/mol. The van der Waals surface area contributed by atoms with E-state index in [-0.39, 0.29) is 5.41 Å². The van der Waals surface area contributed by atoms with Crippen molar-refractivity contribution in [2.45, 2.75) is 47.1 Å². The van der Waals surface area contributed by atoms with E-state index in [2.05, 4.69) is 66.9 Å². The molecule has 1 aromatic heterocycles. The maximum atomic E-state index is 4.26. The first-order valence-electron chi connectivity index (χ1n) is 6.66.